The molecular formula is C30H30Cl2Zr-2. The van der Waals surface area contributed by atoms with Gasteiger partial charge in [-0.05, 0) is 6.42 Å². The Morgan fingerprint density at radius 2 is 1.52 bits per heavy atom. The van der Waals surface area contributed by atoms with Crippen molar-refractivity contribution in [1.82, 2.24) is 0 Å². The van der Waals surface area contributed by atoms with E-state index in [1.165, 1.54) is 57.6 Å². The van der Waals surface area contributed by atoms with Gasteiger partial charge in [0.05, 0.1) is 0 Å². The molecule has 0 radical (unpaired) electrons. The van der Waals surface area contributed by atoms with Crippen LogP contribution in [0.25, 0.3) is 11.1 Å². The zero-order valence-corrected chi connectivity index (χ0v) is 23.7. The van der Waals surface area contributed by atoms with Gasteiger partial charge in [-0.2, -0.15) is 41.5 Å². The van der Waals surface area contributed by atoms with Crippen LogP contribution in [0.2, 0.25) is 0 Å². The molecule has 33 heavy (non-hydrogen) atoms. The minimum absolute atomic E-state index is 0. The van der Waals surface area contributed by atoms with E-state index in [1.807, 2.05) is 12.1 Å². The van der Waals surface area contributed by atoms with Crippen LogP contribution < -0.4 is 24.8 Å². The summed E-state index contributed by atoms with van der Waals surface area (Å²) in [5.74, 6) is 0.522. The summed E-state index contributed by atoms with van der Waals surface area (Å²) in [5.41, 5.74) is 8.56. The molecule has 0 N–H and O–H groups in total. The van der Waals surface area contributed by atoms with Crippen molar-refractivity contribution in [3.63, 3.8) is 0 Å². The third kappa shape index (κ3) is 8.64. The molecule has 0 aromatic heterocycles. The first-order valence-electron chi connectivity index (χ1n) is 10.8. The quantitative estimate of drug-likeness (QED) is 0.314. The van der Waals surface area contributed by atoms with Crippen molar-refractivity contribution in [3.05, 3.63) is 119 Å². The Morgan fingerprint density at radius 3 is 2.06 bits per heavy atom. The minimum Gasteiger partial charge on any atom is -0.179 e. The fourth-order valence-corrected chi connectivity index (χ4v) is 4.07. The molecule has 2 aliphatic carbocycles. The van der Waals surface area contributed by atoms with Crippen molar-refractivity contribution in [2.75, 3.05) is 0 Å². The molecule has 0 bridgehead atoms. The summed E-state index contributed by atoms with van der Waals surface area (Å²) in [4.78, 5) is 0. The molecule has 0 aliphatic heterocycles. The molecule has 0 saturated carbocycles. The molecule has 0 amide bonds. The van der Waals surface area contributed by atoms with Gasteiger partial charge in [0, 0.05) is 0 Å². The monoisotopic (exact) mass is 550 g/mol. The van der Waals surface area contributed by atoms with E-state index < -0.39 is 0 Å². The second kappa shape index (κ2) is 14.0. The van der Waals surface area contributed by atoms with Crippen molar-refractivity contribution in [3.8, 4) is 11.1 Å². The van der Waals surface area contributed by atoms with Gasteiger partial charge in [-0.25, -0.2) is 6.08 Å². The standard InChI is InChI=1S/C13H9.C10H15.C7H6.2ClH.Zr/c1-3-7-12-10(5-1)9-11-6-2-4-8-13(11)12;1-8-5-6-9(7-8)10(2,3)4;1-7-5-3-2-4-6-7;;;/h1-5,7-8H,9H2;6-8H,1-4H3;1-6H;2*1H;/q2*-1;;;;+2/p-2. The Bertz CT molecular complexity index is 1030. The Morgan fingerprint density at radius 1 is 0.879 bits per heavy atom. The maximum atomic E-state index is 3.30. The molecule has 0 fully saturated rings. The first-order valence-corrected chi connectivity index (χ1v) is 12.3. The number of allylic oxidation sites excluding steroid dienone is 4. The van der Waals surface area contributed by atoms with E-state index in [0.717, 1.165) is 6.42 Å². The number of fused-ring (bicyclic) bond motifs is 3. The van der Waals surface area contributed by atoms with Gasteiger partial charge in [-0.15, -0.1) is 5.56 Å². The summed E-state index contributed by atoms with van der Waals surface area (Å²) >= 11 is 1.46. The van der Waals surface area contributed by atoms with E-state index in [-0.39, 0.29) is 24.8 Å². The maximum Gasteiger partial charge on any atom is -0.0253 e. The van der Waals surface area contributed by atoms with Gasteiger partial charge in [0.1, 0.15) is 0 Å². The van der Waals surface area contributed by atoms with Crippen LogP contribution >= 0.6 is 0 Å². The van der Waals surface area contributed by atoms with Crippen LogP contribution in [-0.2, 0) is 30.7 Å². The smallest absolute Gasteiger partial charge is 0.0253 e. The van der Waals surface area contributed by atoms with Crippen LogP contribution in [0.4, 0.5) is 0 Å². The van der Waals surface area contributed by atoms with E-state index in [1.54, 1.807) is 0 Å². The molecule has 0 saturated heterocycles. The van der Waals surface area contributed by atoms with Crippen molar-refractivity contribution < 1.29 is 49.0 Å². The first kappa shape index (κ1) is 29.5. The number of rotatable bonds is 1. The molecule has 170 valence electrons. The molecule has 1 unspecified atom stereocenters. The number of hydrogen-bond acceptors (Lipinski definition) is 0. The molecule has 1 atom stereocenters. The Labute approximate surface area is 227 Å². The van der Waals surface area contributed by atoms with Crippen molar-refractivity contribution in [1.29, 1.82) is 0 Å². The summed E-state index contributed by atoms with van der Waals surface area (Å²) in [7, 11) is 0. The predicted molar refractivity (Wildman–Crippen MR) is 130 cm³/mol. The van der Waals surface area contributed by atoms with E-state index in [2.05, 4.69) is 116 Å². The topological polar surface area (TPSA) is 0 Å². The van der Waals surface area contributed by atoms with Gasteiger partial charge in [0.2, 0.25) is 0 Å². The third-order valence-corrected chi connectivity index (χ3v) is 6.20. The largest absolute Gasteiger partial charge is 0.179 e. The van der Waals surface area contributed by atoms with E-state index in [4.69, 9.17) is 0 Å². The fraction of sp³-hybridized carbons (Fsp3) is 0.233. The molecule has 0 heterocycles. The molecule has 3 aromatic carbocycles. The van der Waals surface area contributed by atoms with Gasteiger partial charge < -0.3 is 24.8 Å². The zero-order chi connectivity index (χ0) is 22.3. The predicted octanol–water partition coefficient (Wildman–Crippen LogP) is 1.42. The SMILES string of the molecule is CC1[C-]=CC(C(C)(C)C)=C1.[Cl-].[Cl-].[Zr+2]=[CH]c1ccccc1.[c-]1cccc2c1Cc1ccccc1-2. The van der Waals surface area contributed by atoms with Crippen LogP contribution in [0.5, 0.6) is 0 Å². The van der Waals surface area contributed by atoms with Crippen molar-refractivity contribution in [2.24, 2.45) is 11.3 Å². The zero-order valence-electron chi connectivity index (χ0n) is 19.7. The van der Waals surface area contributed by atoms with Crippen LogP contribution in [0, 0.1) is 23.5 Å². The summed E-state index contributed by atoms with van der Waals surface area (Å²) in [6.07, 6.45) is 8.70. The average molecular weight is 553 g/mol. The Hall–Kier alpha value is -1.53. The molecule has 0 nitrogen and oxygen atoms in total. The van der Waals surface area contributed by atoms with Crippen molar-refractivity contribution >= 4 is 3.71 Å². The van der Waals surface area contributed by atoms with Gasteiger partial charge in [-0.1, -0.05) is 74.4 Å². The second-order valence-electron chi connectivity index (χ2n) is 8.92. The summed E-state index contributed by atoms with van der Waals surface area (Å²) in [5, 5.41) is 0. The molecule has 2 aliphatic rings. The van der Waals surface area contributed by atoms with Crippen LogP contribution in [0.1, 0.15) is 44.4 Å². The molecule has 0 spiro atoms. The molecule has 5 rings (SSSR count). The summed E-state index contributed by atoms with van der Waals surface area (Å²) in [6, 6.07) is 28.5. The summed E-state index contributed by atoms with van der Waals surface area (Å²) in [6.45, 7) is 8.86. The van der Waals surface area contributed by atoms with Crippen LogP contribution in [0.15, 0.2) is 90.5 Å². The van der Waals surface area contributed by atoms with Crippen LogP contribution in [-0.4, -0.2) is 3.71 Å². The molecule has 3 aromatic rings. The maximum absolute atomic E-state index is 3.30. The number of benzene rings is 3. The Kier molecular flexibility index (Phi) is 12.5. The third-order valence-electron chi connectivity index (χ3n) is 5.38. The second-order valence-corrected chi connectivity index (χ2v) is 9.63. The van der Waals surface area contributed by atoms with Gasteiger partial charge in [0.15, 0.2) is 0 Å². The minimum atomic E-state index is 0. The Balaban J connectivity index is 0.000000248. The van der Waals surface area contributed by atoms with Gasteiger partial charge in [-0.3, -0.25) is 6.08 Å². The summed E-state index contributed by atoms with van der Waals surface area (Å²) < 4.78 is 2.17. The normalized spacial score (nSPS) is 14.6. The van der Waals surface area contributed by atoms with Gasteiger partial charge >= 0.3 is 63.8 Å². The van der Waals surface area contributed by atoms with Crippen LogP contribution in [0.3, 0.4) is 0 Å². The van der Waals surface area contributed by atoms with E-state index in [0.29, 0.717) is 11.3 Å². The van der Waals surface area contributed by atoms with Gasteiger partial charge in [0.25, 0.3) is 0 Å². The fourth-order valence-electron chi connectivity index (χ4n) is 3.60. The number of halogens is 2. The van der Waals surface area contributed by atoms with Crippen molar-refractivity contribution in [2.45, 2.75) is 34.1 Å². The average Bonchev–Trinajstić information content (AvgIpc) is 3.39. The van der Waals surface area contributed by atoms with E-state index in [9.17, 15) is 0 Å². The number of hydrogen-bond donors (Lipinski definition) is 0. The first-order chi connectivity index (χ1) is 14.9. The van der Waals surface area contributed by atoms with E-state index >= 15 is 0 Å². The molecule has 3 heteroatoms. The molecular weight excluding hydrogens is 522 g/mol.